The Morgan fingerprint density at radius 1 is 1.24 bits per heavy atom. The molecule has 0 amide bonds. The van der Waals surface area contributed by atoms with Gasteiger partial charge in [-0.25, -0.2) is 12.8 Å². The maximum absolute atomic E-state index is 13.2. The van der Waals surface area contributed by atoms with Gasteiger partial charge in [-0.1, -0.05) is 11.6 Å². The van der Waals surface area contributed by atoms with Crippen molar-refractivity contribution in [2.24, 2.45) is 0 Å². The van der Waals surface area contributed by atoms with Gasteiger partial charge in [-0.05, 0) is 36.4 Å². The molecule has 0 heterocycles. The topological polar surface area (TPSA) is 96.0 Å². The summed E-state index contributed by atoms with van der Waals surface area (Å²) in [5.74, 6) is -0.738. The number of halogens is 2. The molecule has 0 aliphatic heterocycles. The largest absolute Gasteiger partial charge is 0.399 e. The van der Waals surface area contributed by atoms with E-state index in [1.807, 2.05) is 6.07 Å². The Hall–Kier alpha value is -2.30. The van der Waals surface area contributed by atoms with Crippen LogP contribution in [0.5, 0.6) is 0 Å². The lowest BCUT2D eigenvalue weighted by Gasteiger charge is -2.11. The first-order chi connectivity index (χ1) is 9.83. The van der Waals surface area contributed by atoms with Gasteiger partial charge in [-0.15, -0.1) is 0 Å². The van der Waals surface area contributed by atoms with Gasteiger partial charge in [-0.3, -0.25) is 4.72 Å². The van der Waals surface area contributed by atoms with Crippen LogP contribution in [-0.2, 0) is 10.0 Å². The number of sulfonamides is 1. The van der Waals surface area contributed by atoms with Crippen molar-refractivity contribution in [3.8, 4) is 6.07 Å². The van der Waals surface area contributed by atoms with Crippen LogP contribution in [0, 0.1) is 17.1 Å². The van der Waals surface area contributed by atoms with Gasteiger partial charge in [-0.2, -0.15) is 5.26 Å². The summed E-state index contributed by atoms with van der Waals surface area (Å²) in [5.41, 5.74) is 5.92. The van der Waals surface area contributed by atoms with Gasteiger partial charge in [0.15, 0.2) is 0 Å². The third-order valence-corrected chi connectivity index (χ3v) is 4.44. The molecule has 0 aliphatic rings. The van der Waals surface area contributed by atoms with E-state index in [1.54, 1.807) is 0 Å². The van der Waals surface area contributed by atoms with Crippen LogP contribution < -0.4 is 10.5 Å². The number of hydrogen-bond donors (Lipinski definition) is 2. The predicted molar refractivity (Wildman–Crippen MR) is 77.8 cm³/mol. The monoisotopic (exact) mass is 325 g/mol. The second-order valence-corrected chi connectivity index (χ2v) is 6.16. The van der Waals surface area contributed by atoms with Crippen LogP contribution >= 0.6 is 11.6 Å². The zero-order valence-corrected chi connectivity index (χ0v) is 12.0. The SMILES string of the molecule is N#Cc1cc(N)ccc1NS(=O)(=O)c1cc(F)ccc1Cl. The molecule has 5 nitrogen and oxygen atoms in total. The number of nitrogens with zero attached hydrogens (tertiary/aromatic N) is 1. The van der Waals surface area contributed by atoms with Gasteiger partial charge in [0, 0.05) is 5.69 Å². The fourth-order valence-corrected chi connectivity index (χ4v) is 3.22. The standard InChI is InChI=1S/C13H9ClFN3O2S/c14-11-3-1-9(15)6-13(11)21(19,20)18-12-4-2-10(17)5-8(12)7-16/h1-6,18H,17H2. The lowest BCUT2D eigenvalue weighted by atomic mass is 10.2. The smallest absolute Gasteiger partial charge is 0.263 e. The molecule has 8 heteroatoms. The number of nitrogens with two attached hydrogens (primary N) is 1. The molecule has 3 N–H and O–H groups in total. The Morgan fingerprint density at radius 3 is 2.62 bits per heavy atom. The minimum Gasteiger partial charge on any atom is -0.399 e. The van der Waals surface area contributed by atoms with Crippen LogP contribution in [0.3, 0.4) is 0 Å². The summed E-state index contributed by atoms with van der Waals surface area (Å²) in [4.78, 5) is -0.412. The van der Waals surface area contributed by atoms with Crippen molar-refractivity contribution in [1.29, 1.82) is 5.26 Å². The number of nitriles is 1. The van der Waals surface area contributed by atoms with Crippen molar-refractivity contribution in [1.82, 2.24) is 0 Å². The highest BCUT2D eigenvalue weighted by molar-refractivity contribution is 7.92. The molecule has 2 aromatic rings. The first-order valence-electron chi connectivity index (χ1n) is 5.61. The Kier molecular flexibility index (Phi) is 4.02. The zero-order valence-electron chi connectivity index (χ0n) is 10.5. The van der Waals surface area contributed by atoms with Crippen molar-refractivity contribution in [3.05, 3.63) is 52.8 Å². The second kappa shape index (κ2) is 5.60. The molecule has 0 saturated heterocycles. The summed E-state index contributed by atoms with van der Waals surface area (Å²) in [7, 11) is -4.13. The molecular weight excluding hydrogens is 317 g/mol. The lowest BCUT2D eigenvalue weighted by Crippen LogP contribution is -2.14. The lowest BCUT2D eigenvalue weighted by molar-refractivity contribution is 0.595. The molecule has 2 rings (SSSR count). The van der Waals surface area contributed by atoms with Crippen molar-refractivity contribution in [2.75, 3.05) is 10.5 Å². The Morgan fingerprint density at radius 2 is 1.95 bits per heavy atom. The number of rotatable bonds is 3. The predicted octanol–water partition coefficient (Wildman–Crippen LogP) is 2.73. The average Bonchev–Trinajstić information content (AvgIpc) is 2.43. The number of nitrogen functional groups attached to an aromatic ring is 1. The van der Waals surface area contributed by atoms with Crippen molar-refractivity contribution < 1.29 is 12.8 Å². The van der Waals surface area contributed by atoms with Gasteiger partial charge < -0.3 is 5.73 Å². The summed E-state index contributed by atoms with van der Waals surface area (Å²) in [6, 6.07) is 8.91. The molecular formula is C13H9ClFN3O2S. The van der Waals surface area contributed by atoms with Crippen LogP contribution in [0.1, 0.15) is 5.56 Å². The van der Waals surface area contributed by atoms with Crippen LogP contribution in [0.2, 0.25) is 5.02 Å². The fraction of sp³-hybridized carbons (Fsp3) is 0. The molecule has 0 aromatic heterocycles. The van der Waals surface area contributed by atoms with Crippen LogP contribution in [0.4, 0.5) is 15.8 Å². The van der Waals surface area contributed by atoms with Crippen LogP contribution in [0.15, 0.2) is 41.3 Å². The minimum absolute atomic E-state index is 0.0343. The maximum Gasteiger partial charge on any atom is 0.263 e. The number of hydrogen-bond acceptors (Lipinski definition) is 4. The summed E-state index contributed by atoms with van der Waals surface area (Å²) in [5, 5.41) is 8.86. The van der Waals surface area contributed by atoms with E-state index in [4.69, 9.17) is 22.6 Å². The quantitative estimate of drug-likeness (QED) is 0.848. The van der Waals surface area contributed by atoms with Crippen molar-refractivity contribution in [3.63, 3.8) is 0 Å². The molecule has 108 valence electrons. The molecule has 0 bridgehead atoms. The summed E-state index contributed by atoms with van der Waals surface area (Å²) >= 11 is 5.78. The highest BCUT2D eigenvalue weighted by Gasteiger charge is 2.20. The highest BCUT2D eigenvalue weighted by atomic mass is 35.5. The second-order valence-electron chi connectivity index (χ2n) is 4.10. The molecule has 0 aliphatic carbocycles. The van der Waals surface area contributed by atoms with Crippen molar-refractivity contribution >= 4 is 33.0 Å². The van der Waals surface area contributed by atoms with Crippen LogP contribution in [-0.4, -0.2) is 8.42 Å². The molecule has 2 aromatic carbocycles. The normalized spacial score (nSPS) is 10.9. The zero-order chi connectivity index (χ0) is 15.6. The Bertz CT molecular complexity index is 847. The van der Waals surface area contributed by atoms with Crippen molar-refractivity contribution in [2.45, 2.75) is 4.90 Å². The number of anilines is 2. The van der Waals surface area contributed by atoms with E-state index in [1.165, 1.54) is 18.2 Å². The van der Waals surface area contributed by atoms with E-state index < -0.39 is 20.7 Å². The van der Waals surface area contributed by atoms with E-state index in [0.29, 0.717) is 5.69 Å². The Labute approximate surface area is 125 Å². The Balaban J connectivity index is 2.48. The molecule has 0 unspecified atom stereocenters. The molecule has 0 fully saturated rings. The van der Waals surface area contributed by atoms with Gasteiger partial charge >= 0.3 is 0 Å². The summed E-state index contributed by atoms with van der Waals surface area (Å²) < 4.78 is 39.8. The first-order valence-corrected chi connectivity index (χ1v) is 7.47. The van der Waals surface area contributed by atoms with E-state index in [0.717, 1.165) is 18.2 Å². The third-order valence-electron chi connectivity index (χ3n) is 2.59. The minimum atomic E-state index is -4.13. The molecule has 0 atom stereocenters. The van der Waals surface area contributed by atoms with E-state index in [2.05, 4.69) is 4.72 Å². The summed E-state index contributed by atoms with van der Waals surface area (Å²) in [6.45, 7) is 0. The van der Waals surface area contributed by atoms with E-state index >= 15 is 0 Å². The molecule has 21 heavy (non-hydrogen) atoms. The van der Waals surface area contributed by atoms with Crippen LogP contribution in [0.25, 0.3) is 0 Å². The highest BCUT2D eigenvalue weighted by Crippen LogP contribution is 2.26. The third kappa shape index (κ3) is 3.24. The molecule has 0 radical (unpaired) electrons. The average molecular weight is 326 g/mol. The maximum atomic E-state index is 13.2. The van der Waals surface area contributed by atoms with E-state index in [9.17, 15) is 12.8 Å². The van der Waals surface area contributed by atoms with Gasteiger partial charge in [0.2, 0.25) is 0 Å². The molecule has 0 spiro atoms. The fourth-order valence-electron chi connectivity index (χ4n) is 1.63. The number of nitrogens with one attached hydrogen (secondary N) is 1. The molecule has 0 saturated carbocycles. The first kappa shape index (κ1) is 15.1. The number of benzene rings is 2. The van der Waals surface area contributed by atoms with Gasteiger partial charge in [0.05, 0.1) is 16.3 Å². The van der Waals surface area contributed by atoms with Gasteiger partial charge in [0.1, 0.15) is 16.8 Å². The van der Waals surface area contributed by atoms with E-state index in [-0.39, 0.29) is 16.3 Å². The summed E-state index contributed by atoms with van der Waals surface area (Å²) in [6.07, 6.45) is 0. The van der Waals surface area contributed by atoms with Gasteiger partial charge in [0.25, 0.3) is 10.0 Å².